The molecule has 66 valence electrons. The molecule has 0 aromatic rings. The zero-order chi connectivity index (χ0) is 8.85. The lowest BCUT2D eigenvalue weighted by Crippen LogP contribution is -2.18. The molecule has 0 aliphatic carbocycles. The third kappa shape index (κ3) is 5.72. The molecule has 0 aromatic carbocycles. The molecule has 0 saturated carbocycles. The maximum Gasteiger partial charge on any atom is 0.308 e. The molecular formula is C6H10F2O3. The summed E-state index contributed by atoms with van der Waals surface area (Å²) < 4.78 is 27.2. The molecule has 0 radical (unpaired) electrons. The van der Waals surface area contributed by atoms with Crippen molar-refractivity contribution in [3.05, 3.63) is 0 Å². The number of carboxylic acid groups (broad SMARTS) is 1. The molecule has 0 amide bonds. The second-order valence-electron chi connectivity index (χ2n) is 2.17. The van der Waals surface area contributed by atoms with E-state index in [1.807, 2.05) is 0 Å². The van der Waals surface area contributed by atoms with Crippen molar-refractivity contribution in [2.75, 3.05) is 13.2 Å². The summed E-state index contributed by atoms with van der Waals surface area (Å²) in [6.07, 6.45) is -2.53. The number of carboxylic acids is 1. The van der Waals surface area contributed by atoms with Crippen LogP contribution in [0.15, 0.2) is 0 Å². The molecule has 0 aromatic heterocycles. The van der Waals surface area contributed by atoms with Crippen LogP contribution in [0, 0.1) is 5.92 Å². The van der Waals surface area contributed by atoms with Gasteiger partial charge in [0.2, 0.25) is 0 Å². The normalized spacial score (nSPS) is 13.5. The van der Waals surface area contributed by atoms with Crippen LogP contribution in [0.25, 0.3) is 0 Å². The fourth-order valence-corrected chi connectivity index (χ4v) is 0.405. The van der Waals surface area contributed by atoms with E-state index in [4.69, 9.17) is 5.11 Å². The fourth-order valence-electron chi connectivity index (χ4n) is 0.405. The molecule has 0 spiro atoms. The molecule has 1 N–H and O–H groups in total. The Bertz CT molecular complexity index is 127. The zero-order valence-corrected chi connectivity index (χ0v) is 6.09. The van der Waals surface area contributed by atoms with Gasteiger partial charge in [0.05, 0.1) is 12.5 Å². The highest BCUT2D eigenvalue weighted by Gasteiger charge is 2.11. The van der Waals surface area contributed by atoms with Crippen LogP contribution in [0.5, 0.6) is 0 Å². The summed E-state index contributed by atoms with van der Waals surface area (Å²) in [5.74, 6) is -1.77. The van der Waals surface area contributed by atoms with E-state index in [1.165, 1.54) is 6.92 Å². The lowest BCUT2D eigenvalue weighted by Gasteiger charge is -2.06. The van der Waals surface area contributed by atoms with E-state index in [1.54, 1.807) is 0 Å². The third-order valence-corrected chi connectivity index (χ3v) is 1.03. The van der Waals surface area contributed by atoms with Crippen molar-refractivity contribution < 1.29 is 23.4 Å². The summed E-state index contributed by atoms with van der Waals surface area (Å²) in [5, 5.41) is 8.28. The number of alkyl halides is 2. The molecule has 0 aliphatic rings. The van der Waals surface area contributed by atoms with Crippen molar-refractivity contribution in [3.63, 3.8) is 0 Å². The number of hydrogen-bond donors (Lipinski definition) is 1. The first-order valence-corrected chi connectivity index (χ1v) is 3.12. The second kappa shape index (κ2) is 5.01. The van der Waals surface area contributed by atoms with Crippen LogP contribution in [0.1, 0.15) is 6.92 Å². The Morgan fingerprint density at radius 3 is 2.45 bits per heavy atom. The summed E-state index contributed by atoms with van der Waals surface area (Å²) in [7, 11) is 0. The number of aliphatic carboxylic acids is 1. The number of carbonyl (C=O) groups is 1. The summed E-state index contributed by atoms with van der Waals surface area (Å²) in [6, 6.07) is 0. The van der Waals surface area contributed by atoms with Gasteiger partial charge in [-0.25, -0.2) is 8.78 Å². The van der Waals surface area contributed by atoms with Gasteiger partial charge in [0.1, 0.15) is 6.61 Å². The minimum absolute atomic E-state index is 0.167. The Hall–Kier alpha value is -0.710. The van der Waals surface area contributed by atoms with Gasteiger partial charge in [-0.1, -0.05) is 0 Å². The van der Waals surface area contributed by atoms with Crippen molar-refractivity contribution in [1.82, 2.24) is 0 Å². The maximum atomic E-state index is 11.4. The Morgan fingerprint density at radius 2 is 2.09 bits per heavy atom. The number of rotatable bonds is 5. The third-order valence-electron chi connectivity index (χ3n) is 1.03. The predicted molar refractivity (Wildman–Crippen MR) is 33.6 cm³/mol. The average molecular weight is 168 g/mol. The van der Waals surface area contributed by atoms with E-state index >= 15 is 0 Å². The van der Waals surface area contributed by atoms with E-state index < -0.39 is 24.9 Å². The molecule has 1 unspecified atom stereocenters. The van der Waals surface area contributed by atoms with Gasteiger partial charge in [0.15, 0.2) is 0 Å². The van der Waals surface area contributed by atoms with Gasteiger partial charge in [-0.15, -0.1) is 0 Å². The van der Waals surface area contributed by atoms with Gasteiger partial charge in [-0.2, -0.15) is 0 Å². The first kappa shape index (κ1) is 10.3. The Morgan fingerprint density at radius 1 is 1.55 bits per heavy atom. The van der Waals surface area contributed by atoms with Crippen molar-refractivity contribution in [2.45, 2.75) is 13.3 Å². The monoisotopic (exact) mass is 168 g/mol. The van der Waals surface area contributed by atoms with Crippen molar-refractivity contribution in [2.24, 2.45) is 5.92 Å². The molecule has 0 heterocycles. The van der Waals surface area contributed by atoms with Gasteiger partial charge < -0.3 is 9.84 Å². The minimum Gasteiger partial charge on any atom is -0.481 e. The molecule has 5 heteroatoms. The van der Waals surface area contributed by atoms with Crippen LogP contribution in [0.2, 0.25) is 0 Å². The molecule has 0 fully saturated rings. The highest BCUT2D eigenvalue weighted by Crippen LogP contribution is 1.98. The van der Waals surface area contributed by atoms with E-state index in [-0.39, 0.29) is 6.61 Å². The van der Waals surface area contributed by atoms with E-state index in [0.717, 1.165) is 0 Å². The van der Waals surface area contributed by atoms with Crippen LogP contribution in [0.4, 0.5) is 8.78 Å². The summed E-state index contributed by atoms with van der Waals surface area (Å²) in [4.78, 5) is 10.1. The van der Waals surface area contributed by atoms with Crippen molar-refractivity contribution >= 4 is 5.97 Å². The SMILES string of the molecule is CC(COCC(F)F)C(=O)O. The van der Waals surface area contributed by atoms with Crippen LogP contribution >= 0.6 is 0 Å². The zero-order valence-electron chi connectivity index (χ0n) is 6.09. The number of hydrogen-bond acceptors (Lipinski definition) is 2. The molecule has 3 nitrogen and oxygen atoms in total. The quantitative estimate of drug-likeness (QED) is 0.665. The Labute approximate surface area is 63.0 Å². The lowest BCUT2D eigenvalue weighted by atomic mass is 10.2. The Kier molecular flexibility index (Phi) is 4.69. The van der Waals surface area contributed by atoms with Gasteiger partial charge in [-0.05, 0) is 6.92 Å². The fraction of sp³-hybridized carbons (Fsp3) is 0.833. The van der Waals surface area contributed by atoms with Crippen molar-refractivity contribution in [1.29, 1.82) is 0 Å². The predicted octanol–water partition coefficient (Wildman–Crippen LogP) is 0.989. The first-order chi connectivity index (χ1) is 5.04. The first-order valence-electron chi connectivity index (χ1n) is 3.12. The molecule has 0 rings (SSSR count). The van der Waals surface area contributed by atoms with Gasteiger partial charge >= 0.3 is 5.97 Å². The molecule has 0 aliphatic heterocycles. The number of halogens is 2. The highest BCUT2D eigenvalue weighted by molar-refractivity contribution is 5.69. The second-order valence-corrected chi connectivity index (χ2v) is 2.17. The molecule has 0 saturated heterocycles. The van der Waals surface area contributed by atoms with Crippen molar-refractivity contribution in [3.8, 4) is 0 Å². The largest absolute Gasteiger partial charge is 0.481 e. The maximum absolute atomic E-state index is 11.4. The van der Waals surface area contributed by atoms with E-state index in [0.29, 0.717) is 0 Å². The standard InChI is InChI=1S/C6H10F2O3/c1-4(6(9)10)2-11-3-5(7)8/h4-5H,2-3H2,1H3,(H,9,10). The summed E-state index contributed by atoms with van der Waals surface area (Å²) in [6.45, 7) is 0.533. The molecular weight excluding hydrogens is 158 g/mol. The highest BCUT2D eigenvalue weighted by atomic mass is 19.3. The van der Waals surface area contributed by atoms with Crippen LogP contribution < -0.4 is 0 Å². The number of ether oxygens (including phenoxy) is 1. The van der Waals surface area contributed by atoms with Gasteiger partial charge in [0, 0.05) is 0 Å². The van der Waals surface area contributed by atoms with Crippen LogP contribution in [0.3, 0.4) is 0 Å². The summed E-state index contributed by atoms with van der Waals surface area (Å²) >= 11 is 0. The van der Waals surface area contributed by atoms with E-state index in [2.05, 4.69) is 4.74 Å². The topological polar surface area (TPSA) is 46.5 Å². The lowest BCUT2D eigenvalue weighted by molar-refractivity contribution is -0.143. The van der Waals surface area contributed by atoms with Gasteiger partial charge in [0.25, 0.3) is 6.43 Å². The molecule has 1 atom stereocenters. The Balaban J connectivity index is 3.31. The molecule has 0 bridgehead atoms. The van der Waals surface area contributed by atoms with Crippen LogP contribution in [-0.2, 0) is 9.53 Å². The minimum atomic E-state index is -2.53. The summed E-state index contributed by atoms with van der Waals surface area (Å²) in [5.41, 5.74) is 0. The van der Waals surface area contributed by atoms with Crippen LogP contribution in [-0.4, -0.2) is 30.7 Å². The average Bonchev–Trinajstić information content (AvgIpc) is 1.86. The van der Waals surface area contributed by atoms with Gasteiger partial charge in [-0.3, -0.25) is 4.79 Å². The smallest absolute Gasteiger partial charge is 0.308 e. The van der Waals surface area contributed by atoms with E-state index in [9.17, 15) is 13.6 Å². The molecule has 11 heavy (non-hydrogen) atoms.